The van der Waals surface area contributed by atoms with E-state index in [4.69, 9.17) is 14.2 Å². The van der Waals surface area contributed by atoms with Gasteiger partial charge in [-0.15, -0.1) is 0 Å². The SMILES string of the molecule is O=C(NC[C@@H]1C[C@H](C(=O)NC2COCC2C(=O)O)CO1)OCC1c2ccccc2-c2ccccc21. The number of carboxylic acids is 1. The van der Waals surface area contributed by atoms with Crippen molar-refractivity contribution in [3.05, 3.63) is 59.7 Å². The summed E-state index contributed by atoms with van der Waals surface area (Å²) in [6.07, 6.45) is -0.419. The van der Waals surface area contributed by atoms with Gasteiger partial charge in [-0.05, 0) is 28.7 Å². The summed E-state index contributed by atoms with van der Waals surface area (Å²) in [6, 6.07) is 15.7. The molecule has 1 aliphatic carbocycles. The summed E-state index contributed by atoms with van der Waals surface area (Å²) >= 11 is 0. The Morgan fingerprint density at radius 1 is 0.971 bits per heavy atom. The predicted octanol–water partition coefficient (Wildman–Crippen LogP) is 2.15. The van der Waals surface area contributed by atoms with Crippen molar-refractivity contribution in [1.29, 1.82) is 0 Å². The third-order valence-electron chi connectivity index (χ3n) is 6.99. The second kappa shape index (κ2) is 10.1. The lowest BCUT2D eigenvalue weighted by atomic mass is 9.98. The molecule has 2 saturated heterocycles. The lowest BCUT2D eigenvalue weighted by Gasteiger charge is -2.18. The highest BCUT2D eigenvalue weighted by molar-refractivity contribution is 5.81. The number of carbonyl (C=O) groups is 3. The third kappa shape index (κ3) is 4.87. The molecule has 35 heavy (non-hydrogen) atoms. The van der Waals surface area contributed by atoms with E-state index in [9.17, 15) is 19.5 Å². The zero-order chi connectivity index (χ0) is 24.4. The van der Waals surface area contributed by atoms with Crippen LogP contribution >= 0.6 is 0 Å². The molecular weight excluding hydrogens is 452 g/mol. The molecule has 0 saturated carbocycles. The molecule has 9 nitrogen and oxygen atoms in total. The highest BCUT2D eigenvalue weighted by Crippen LogP contribution is 2.44. The summed E-state index contributed by atoms with van der Waals surface area (Å²) in [7, 11) is 0. The minimum Gasteiger partial charge on any atom is -0.481 e. The van der Waals surface area contributed by atoms with Gasteiger partial charge in [-0.2, -0.15) is 0 Å². The van der Waals surface area contributed by atoms with Gasteiger partial charge in [0.05, 0.1) is 37.9 Å². The number of alkyl carbamates (subject to hydrolysis) is 1. The summed E-state index contributed by atoms with van der Waals surface area (Å²) < 4.78 is 16.4. The molecule has 2 amide bonds. The molecule has 5 rings (SSSR count). The van der Waals surface area contributed by atoms with Gasteiger partial charge >= 0.3 is 12.1 Å². The van der Waals surface area contributed by atoms with Crippen molar-refractivity contribution in [3.8, 4) is 11.1 Å². The number of benzene rings is 2. The first-order valence-electron chi connectivity index (χ1n) is 11.8. The van der Waals surface area contributed by atoms with E-state index in [-0.39, 0.29) is 50.9 Å². The van der Waals surface area contributed by atoms with E-state index in [1.54, 1.807) is 0 Å². The van der Waals surface area contributed by atoms with E-state index in [0.29, 0.717) is 6.42 Å². The first kappa shape index (κ1) is 23.3. The second-order valence-electron chi connectivity index (χ2n) is 9.19. The van der Waals surface area contributed by atoms with Gasteiger partial charge in [0.15, 0.2) is 0 Å². The number of aliphatic carboxylic acids is 1. The summed E-state index contributed by atoms with van der Waals surface area (Å²) in [5.74, 6) is -2.40. The minimum absolute atomic E-state index is 0.0156. The lowest BCUT2D eigenvalue weighted by molar-refractivity contribution is -0.142. The molecule has 2 aromatic carbocycles. The van der Waals surface area contributed by atoms with Gasteiger partial charge in [-0.25, -0.2) is 4.79 Å². The molecular formula is C26H28N2O7. The fourth-order valence-electron chi connectivity index (χ4n) is 5.12. The Morgan fingerprint density at radius 2 is 1.66 bits per heavy atom. The van der Waals surface area contributed by atoms with Gasteiger partial charge in [-0.3, -0.25) is 9.59 Å². The van der Waals surface area contributed by atoms with Crippen LogP contribution in [-0.4, -0.2) is 68.2 Å². The molecule has 184 valence electrons. The quantitative estimate of drug-likeness (QED) is 0.555. The molecule has 2 fully saturated rings. The summed E-state index contributed by atoms with van der Waals surface area (Å²) in [6.45, 7) is 0.945. The topological polar surface area (TPSA) is 123 Å². The fraction of sp³-hybridized carbons (Fsp3) is 0.423. The number of nitrogens with one attached hydrogen (secondary N) is 2. The molecule has 0 spiro atoms. The van der Waals surface area contributed by atoms with Gasteiger partial charge < -0.3 is 30.0 Å². The van der Waals surface area contributed by atoms with Crippen molar-refractivity contribution in [1.82, 2.24) is 10.6 Å². The van der Waals surface area contributed by atoms with E-state index in [1.165, 1.54) is 11.1 Å². The number of hydrogen-bond acceptors (Lipinski definition) is 6. The molecule has 0 radical (unpaired) electrons. The van der Waals surface area contributed by atoms with Gasteiger partial charge in [0.2, 0.25) is 5.91 Å². The number of carboxylic acid groups (broad SMARTS) is 1. The summed E-state index contributed by atoms with van der Waals surface area (Å²) in [5, 5.41) is 14.7. The van der Waals surface area contributed by atoms with Gasteiger partial charge in [0.1, 0.15) is 12.5 Å². The third-order valence-corrected chi connectivity index (χ3v) is 6.99. The predicted molar refractivity (Wildman–Crippen MR) is 125 cm³/mol. The number of carbonyl (C=O) groups excluding carboxylic acids is 2. The van der Waals surface area contributed by atoms with E-state index in [2.05, 4.69) is 34.9 Å². The average molecular weight is 481 g/mol. The van der Waals surface area contributed by atoms with Crippen LogP contribution in [0.3, 0.4) is 0 Å². The zero-order valence-corrected chi connectivity index (χ0v) is 19.1. The molecule has 0 bridgehead atoms. The van der Waals surface area contributed by atoms with Crippen LogP contribution in [0.15, 0.2) is 48.5 Å². The maximum absolute atomic E-state index is 12.6. The van der Waals surface area contributed by atoms with Crippen LogP contribution in [-0.2, 0) is 23.8 Å². The van der Waals surface area contributed by atoms with E-state index in [0.717, 1.165) is 11.1 Å². The number of hydrogen-bond donors (Lipinski definition) is 3. The van der Waals surface area contributed by atoms with Crippen LogP contribution in [0, 0.1) is 11.8 Å². The molecule has 0 aromatic heterocycles. The molecule has 3 N–H and O–H groups in total. The highest BCUT2D eigenvalue weighted by atomic mass is 16.5. The van der Waals surface area contributed by atoms with Crippen LogP contribution in [0.1, 0.15) is 23.5 Å². The molecule has 4 atom stereocenters. The monoisotopic (exact) mass is 480 g/mol. The Morgan fingerprint density at radius 3 is 2.34 bits per heavy atom. The standard InChI is InChI=1S/C26H28N2O7/c29-24(28-23-14-33-12-22(23)25(30)31)15-9-16(34-11-15)10-27-26(32)35-13-21-19-7-3-1-5-17(19)18-6-2-4-8-20(18)21/h1-8,15-16,21-23H,9-14H2,(H,27,32)(H,28,29)(H,30,31)/t15-,16-,22?,23?/m0/s1. The molecule has 2 aromatic rings. The molecule has 2 heterocycles. The van der Waals surface area contributed by atoms with Crippen molar-refractivity contribution in [2.24, 2.45) is 11.8 Å². The second-order valence-corrected chi connectivity index (χ2v) is 9.19. The molecule has 2 unspecified atom stereocenters. The Balaban J connectivity index is 1.08. The number of ether oxygens (including phenoxy) is 3. The molecule has 2 aliphatic heterocycles. The Hall–Kier alpha value is -3.43. The zero-order valence-electron chi connectivity index (χ0n) is 19.1. The van der Waals surface area contributed by atoms with Gasteiger partial charge in [0.25, 0.3) is 0 Å². The smallest absolute Gasteiger partial charge is 0.407 e. The van der Waals surface area contributed by atoms with Crippen LogP contribution in [0.25, 0.3) is 11.1 Å². The number of amides is 2. The summed E-state index contributed by atoms with van der Waals surface area (Å²) in [4.78, 5) is 36.2. The van der Waals surface area contributed by atoms with E-state index < -0.39 is 29.9 Å². The van der Waals surface area contributed by atoms with Crippen molar-refractivity contribution < 1.29 is 33.7 Å². The van der Waals surface area contributed by atoms with Crippen molar-refractivity contribution in [2.75, 3.05) is 33.0 Å². The van der Waals surface area contributed by atoms with Crippen molar-refractivity contribution >= 4 is 18.0 Å². The molecule has 3 aliphatic rings. The van der Waals surface area contributed by atoms with E-state index in [1.807, 2.05) is 24.3 Å². The first-order valence-corrected chi connectivity index (χ1v) is 11.8. The maximum Gasteiger partial charge on any atom is 0.407 e. The van der Waals surface area contributed by atoms with Crippen LogP contribution in [0.5, 0.6) is 0 Å². The Bertz CT molecular complexity index is 1070. The van der Waals surface area contributed by atoms with Crippen LogP contribution < -0.4 is 10.6 Å². The van der Waals surface area contributed by atoms with E-state index >= 15 is 0 Å². The normalized spacial score (nSPS) is 25.0. The molecule has 9 heteroatoms. The fourth-order valence-corrected chi connectivity index (χ4v) is 5.12. The van der Waals surface area contributed by atoms with Crippen LogP contribution in [0.2, 0.25) is 0 Å². The van der Waals surface area contributed by atoms with Crippen molar-refractivity contribution in [2.45, 2.75) is 24.5 Å². The minimum atomic E-state index is -0.986. The van der Waals surface area contributed by atoms with Gasteiger partial charge in [0, 0.05) is 12.5 Å². The first-order chi connectivity index (χ1) is 17.0. The Kier molecular flexibility index (Phi) is 6.70. The Labute approximate surface area is 202 Å². The van der Waals surface area contributed by atoms with Gasteiger partial charge in [-0.1, -0.05) is 48.5 Å². The average Bonchev–Trinajstić information content (AvgIpc) is 3.59. The van der Waals surface area contributed by atoms with Crippen molar-refractivity contribution in [3.63, 3.8) is 0 Å². The highest BCUT2D eigenvalue weighted by Gasteiger charge is 2.38. The van der Waals surface area contributed by atoms with Crippen LogP contribution in [0.4, 0.5) is 4.79 Å². The number of rotatable bonds is 7. The maximum atomic E-state index is 12.6. The number of fused-ring (bicyclic) bond motifs is 3. The summed E-state index contributed by atoms with van der Waals surface area (Å²) in [5.41, 5.74) is 4.62. The lowest BCUT2D eigenvalue weighted by Crippen LogP contribution is -2.45. The largest absolute Gasteiger partial charge is 0.481 e.